The Morgan fingerprint density at radius 3 is 2.75 bits per heavy atom. The van der Waals surface area contributed by atoms with Crippen LogP contribution in [0.2, 0.25) is 0 Å². The zero-order chi connectivity index (χ0) is 8.97. The first-order valence-electron chi connectivity index (χ1n) is 4.73. The topological polar surface area (TPSA) is 55.1 Å². The van der Waals surface area contributed by atoms with E-state index in [1.54, 1.807) is 0 Å². The molecular weight excluding hydrogens is 152 g/mol. The molecule has 2 atom stereocenters. The summed E-state index contributed by atoms with van der Waals surface area (Å²) in [4.78, 5) is 11.0. The third kappa shape index (κ3) is 2.48. The first-order valence-corrected chi connectivity index (χ1v) is 4.73. The minimum Gasteiger partial charge on any atom is -0.352 e. The highest BCUT2D eigenvalue weighted by molar-refractivity contribution is 5.78. The molecule has 0 radical (unpaired) electrons. The fourth-order valence-electron chi connectivity index (χ4n) is 1.80. The van der Waals surface area contributed by atoms with Gasteiger partial charge >= 0.3 is 0 Å². The summed E-state index contributed by atoms with van der Waals surface area (Å²) >= 11 is 0. The first-order chi connectivity index (χ1) is 5.74. The first kappa shape index (κ1) is 9.52. The molecule has 1 aliphatic carbocycles. The van der Waals surface area contributed by atoms with Crippen molar-refractivity contribution < 1.29 is 4.79 Å². The van der Waals surface area contributed by atoms with E-state index >= 15 is 0 Å². The molecule has 3 nitrogen and oxygen atoms in total. The van der Waals surface area contributed by atoms with Gasteiger partial charge in [0.05, 0.1) is 6.54 Å². The van der Waals surface area contributed by atoms with E-state index in [-0.39, 0.29) is 12.5 Å². The van der Waals surface area contributed by atoms with E-state index in [1.165, 1.54) is 19.3 Å². The number of carbonyl (C=O) groups excluding carboxylic acids is 1. The second-order valence-electron chi connectivity index (χ2n) is 3.64. The van der Waals surface area contributed by atoms with E-state index < -0.39 is 0 Å². The third-order valence-corrected chi connectivity index (χ3v) is 2.64. The molecule has 0 saturated heterocycles. The molecule has 12 heavy (non-hydrogen) atoms. The van der Waals surface area contributed by atoms with Crippen molar-refractivity contribution in [3.05, 3.63) is 0 Å². The van der Waals surface area contributed by atoms with Crippen LogP contribution in [0, 0.1) is 5.92 Å². The molecule has 1 aliphatic rings. The lowest BCUT2D eigenvalue weighted by atomic mass is 9.86. The van der Waals surface area contributed by atoms with Crippen molar-refractivity contribution in [1.29, 1.82) is 0 Å². The highest BCUT2D eigenvalue weighted by atomic mass is 16.1. The molecule has 0 spiro atoms. The Hall–Kier alpha value is -0.570. The van der Waals surface area contributed by atoms with E-state index in [9.17, 15) is 4.79 Å². The minimum atomic E-state index is -0.0197. The zero-order valence-corrected chi connectivity index (χ0v) is 7.68. The van der Waals surface area contributed by atoms with Crippen molar-refractivity contribution in [2.45, 2.75) is 38.6 Å². The molecule has 3 heteroatoms. The Balaban J connectivity index is 2.33. The van der Waals surface area contributed by atoms with Crippen molar-refractivity contribution in [2.24, 2.45) is 11.7 Å². The maximum atomic E-state index is 11.0. The van der Waals surface area contributed by atoms with E-state index in [4.69, 9.17) is 5.73 Å². The smallest absolute Gasteiger partial charge is 0.233 e. The Morgan fingerprint density at radius 1 is 1.50 bits per heavy atom. The molecule has 1 rings (SSSR count). The van der Waals surface area contributed by atoms with Crippen molar-refractivity contribution in [2.75, 3.05) is 6.54 Å². The lowest BCUT2D eigenvalue weighted by molar-refractivity contribution is -0.121. The van der Waals surface area contributed by atoms with E-state index in [0.717, 1.165) is 6.42 Å². The Morgan fingerprint density at radius 2 is 2.17 bits per heavy atom. The second-order valence-corrected chi connectivity index (χ2v) is 3.64. The third-order valence-electron chi connectivity index (χ3n) is 2.64. The fraction of sp³-hybridized carbons (Fsp3) is 0.889. The maximum absolute atomic E-state index is 11.0. The van der Waals surface area contributed by atoms with Gasteiger partial charge in [-0.05, 0) is 18.8 Å². The van der Waals surface area contributed by atoms with Crippen molar-refractivity contribution >= 4 is 5.91 Å². The number of nitrogens with two attached hydrogens (primary N) is 1. The molecule has 1 amide bonds. The molecule has 2 unspecified atom stereocenters. The average Bonchev–Trinajstić information content (AvgIpc) is 2.09. The molecule has 0 bridgehead atoms. The fourth-order valence-corrected chi connectivity index (χ4v) is 1.80. The Kier molecular flexibility index (Phi) is 3.53. The zero-order valence-electron chi connectivity index (χ0n) is 7.68. The predicted octanol–water partition coefficient (Wildman–Crippen LogP) is 0.640. The summed E-state index contributed by atoms with van der Waals surface area (Å²) in [5.41, 5.74) is 5.22. The van der Waals surface area contributed by atoms with Crippen LogP contribution in [0.25, 0.3) is 0 Å². The normalized spacial score (nSPS) is 29.8. The van der Waals surface area contributed by atoms with Crippen molar-refractivity contribution in [1.82, 2.24) is 5.32 Å². The molecule has 1 saturated carbocycles. The van der Waals surface area contributed by atoms with Crippen LogP contribution in [0.15, 0.2) is 0 Å². The SMILES string of the molecule is CC1CCCCC1NC(=O)CN. The van der Waals surface area contributed by atoms with E-state index in [0.29, 0.717) is 12.0 Å². The van der Waals surface area contributed by atoms with Crippen LogP contribution in [-0.2, 0) is 4.79 Å². The number of hydrogen-bond donors (Lipinski definition) is 2. The summed E-state index contributed by atoms with van der Waals surface area (Å²) in [6, 6.07) is 0.370. The van der Waals surface area contributed by atoms with Gasteiger partial charge in [0.2, 0.25) is 5.91 Å². The summed E-state index contributed by atoms with van der Waals surface area (Å²) in [5.74, 6) is 0.600. The van der Waals surface area contributed by atoms with Gasteiger partial charge in [0.1, 0.15) is 0 Å². The molecule has 0 aromatic carbocycles. The van der Waals surface area contributed by atoms with E-state index in [2.05, 4.69) is 12.2 Å². The summed E-state index contributed by atoms with van der Waals surface area (Å²) < 4.78 is 0. The van der Waals surface area contributed by atoms with Crippen LogP contribution in [0.1, 0.15) is 32.6 Å². The standard InChI is InChI=1S/C9H18N2O/c1-7-4-2-3-5-8(7)11-9(12)6-10/h7-8H,2-6,10H2,1H3,(H,11,12). The van der Waals surface area contributed by atoms with Crippen LogP contribution in [-0.4, -0.2) is 18.5 Å². The molecule has 1 fully saturated rings. The number of nitrogens with one attached hydrogen (secondary N) is 1. The van der Waals surface area contributed by atoms with Gasteiger partial charge in [-0.25, -0.2) is 0 Å². The molecular formula is C9H18N2O. The summed E-state index contributed by atoms with van der Waals surface area (Å²) in [5, 5.41) is 2.95. The highest BCUT2D eigenvalue weighted by Gasteiger charge is 2.21. The van der Waals surface area contributed by atoms with Gasteiger partial charge in [-0.2, -0.15) is 0 Å². The van der Waals surface area contributed by atoms with Gasteiger partial charge in [-0.3, -0.25) is 4.79 Å². The largest absolute Gasteiger partial charge is 0.352 e. The predicted molar refractivity (Wildman–Crippen MR) is 48.6 cm³/mol. The summed E-state index contributed by atoms with van der Waals surface area (Å²) in [7, 11) is 0. The van der Waals surface area contributed by atoms with Gasteiger partial charge in [-0.1, -0.05) is 19.8 Å². The number of carbonyl (C=O) groups is 1. The second kappa shape index (κ2) is 4.45. The quantitative estimate of drug-likeness (QED) is 0.639. The molecule has 0 aromatic heterocycles. The average molecular weight is 170 g/mol. The van der Waals surface area contributed by atoms with Gasteiger partial charge in [-0.15, -0.1) is 0 Å². The molecule has 3 N–H and O–H groups in total. The number of amides is 1. The monoisotopic (exact) mass is 170 g/mol. The number of hydrogen-bond acceptors (Lipinski definition) is 2. The van der Waals surface area contributed by atoms with E-state index in [1.807, 2.05) is 0 Å². The van der Waals surface area contributed by atoms with Gasteiger partial charge < -0.3 is 11.1 Å². The van der Waals surface area contributed by atoms with Crippen molar-refractivity contribution in [3.63, 3.8) is 0 Å². The Labute approximate surface area is 73.7 Å². The lowest BCUT2D eigenvalue weighted by Gasteiger charge is -2.29. The molecule has 0 heterocycles. The highest BCUT2D eigenvalue weighted by Crippen LogP contribution is 2.23. The van der Waals surface area contributed by atoms with Gasteiger partial charge in [0.15, 0.2) is 0 Å². The van der Waals surface area contributed by atoms with Gasteiger partial charge in [0.25, 0.3) is 0 Å². The molecule has 0 aromatic rings. The van der Waals surface area contributed by atoms with Gasteiger partial charge in [0, 0.05) is 6.04 Å². The molecule has 0 aliphatic heterocycles. The van der Waals surface area contributed by atoms with Crippen LogP contribution >= 0.6 is 0 Å². The van der Waals surface area contributed by atoms with Crippen LogP contribution < -0.4 is 11.1 Å². The van der Waals surface area contributed by atoms with Crippen LogP contribution in [0.5, 0.6) is 0 Å². The number of rotatable bonds is 2. The van der Waals surface area contributed by atoms with Crippen LogP contribution in [0.3, 0.4) is 0 Å². The Bertz CT molecular complexity index is 159. The maximum Gasteiger partial charge on any atom is 0.233 e. The summed E-state index contributed by atoms with van der Waals surface area (Å²) in [6.45, 7) is 2.31. The minimum absolute atomic E-state index is 0.0197. The van der Waals surface area contributed by atoms with Crippen molar-refractivity contribution in [3.8, 4) is 0 Å². The molecule has 70 valence electrons. The lowest BCUT2D eigenvalue weighted by Crippen LogP contribution is -2.43. The summed E-state index contributed by atoms with van der Waals surface area (Å²) in [6.07, 6.45) is 4.89. The van der Waals surface area contributed by atoms with Crippen LogP contribution in [0.4, 0.5) is 0 Å².